The van der Waals surface area contributed by atoms with Gasteiger partial charge in [0.1, 0.15) is 11.9 Å². The lowest BCUT2D eigenvalue weighted by Crippen LogP contribution is -2.43. The molecule has 0 saturated carbocycles. The van der Waals surface area contributed by atoms with Gasteiger partial charge in [-0.2, -0.15) is 5.26 Å². The Morgan fingerprint density at radius 1 is 1.67 bits per heavy atom. The Kier molecular flexibility index (Phi) is 3.33. The van der Waals surface area contributed by atoms with Gasteiger partial charge in [-0.15, -0.1) is 0 Å². The zero-order valence-electron chi connectivity index (χ0n) is 10.2. The number of likely N-dealkylation sites (N-methyl/N-ethyl adjacent to an activating group) is 1. The van der Waals surface area contributed by atoms with E-state index in [1.54, 1.807) is 18.0 Å². The molecular formula is C12H15N5O. The molecular weight excluding hydrogens is 230 g/mol. The van der Waals surface area contributed by atoms with Gasteiger partial charge in [0.2, 0.25) is 5.91 Å². The third kappa shape index (κ3) is 2.51. The number of hydrogen-bond donors (Lipinski definition) is 2. The fourth-order valence-electron chi connectivity index (χ4n) is 2.00. The van der Waals surface area contributed by atoms with Crippen LogP contribution in [-0.2, 0) is 4.79 Å². The topological polar surface area (TPSA) is 95.0 Å². The molecule has 1 amide bonds. The van der Waals surface area contributed by atoms with E-state index < -0.39 is 0 Å². The summed E-state index contributed by atoms with van der Waals surface area (Å²) in [6, 6.07) is 3.77. The second-order valence-corrected chi connectivity index (χ2v) is 4.43. The minimum Gasteiger partial charge on any atom is -0.397 e. The van der Waals surface area contributed by atoms with E-state index >= 15 is 0 Å². The number of anilines is 2. The molecule has 1 atom stereocenters. The molecule has 2 rings (SSSR count). The molecule has 6 heteroatoms. The third-order valence-corrected chi connectivity index (χ3v) is 3.00. The van der Waals surface area contributed by atoms with Gasteiger partial charge in [0.15, 0.2) is 0 Å². The van der Waals surface area contributed by atoms with E-state index in [0.29, 0.717) is 30.0 Å². The van der Waals surface area contributed by atoms with Crippen LogP contribution in [0.1, 0.15) is 18.4 Å². The predicted molar refractivity (Wildman–Crippen MR) is 67.6 cm³/mol. The van der Waals surface area contributed by atoms with Crippen LogP contribution in [0.4, 0.5) is 11.5 Å². The van der Waals surface area contributed by atoms with Gasteiger partial charge in [-0.05, 0) is 12.5 Å². The molecule has 6 nitrogen and oxygen atoms in total. The first-order chi connectivity index (χ1) is 8.60. The number of likely N-dealkylation sites (tertiary alicyclic amines) is 1. The van der Waals surface area contributed by atoms with E-state index in [0.717, 1.165) is 6.42 Å². The molecule has 0 bridgehead atoms. The maximum atomic E-state index is 11.4. The van der Waals surface area contributed by atoms with Crippen molar-refractivity contribution in [3.05, 3.63) is 17.8 Å². The highest BCUT2D eigenvalue weighted by Gasteiger charge is 2.23. The predicted octanol–water partition coefficient (Wildman–Crippen LogP) is 0.568. The SMILES string of the molecule is CN1CC(Nc2ncc(N)cc2C#N)CCC1=O. The molecule has 0 aromatic carbocycles. The minimum absolute atomic E-state index is 0.121. The zero-order valence-corrected chi connectivity index (χ0v) is 10.2. The first-order valence-electron chi connectivity index (χ1n) is 5.76. The Labute approximate surface area is 105 Å². The van der Waals surface area contributed by atoms with Crippen LogP contribution in [0.3, 0.4) is 0 Å². The lowest BCUT2D eigenvalue weighted by molar-refractivity contribution is -0.132. The molecule has 1 aliphatic rings. The lowest BCUT2D eigenvalue weighted by atomic mass is 10.1. The van der Waals surface area contributed by atoms with Crippen LogP contribution in [0.5, 0.6) is 0 Å². The molecule has 18 heavy (non-hydrogen) atoms. The summed E-state index contributed by atoms with van der Waals surface area (Å²) in [4.78, 5) is 17.2. The van der Waals surface area contributed by atoms with Crippen LogP contribution in [-0.4, -0.2) is 35.4 Å². The quantitative estimate of drug-likeness (QED) is 0.794. The second kappa shape index (κ2) is 4.92. The zero-order chi connectivity index (χ0) is 13.1. The average molecular weight is 245 g/mol. The van der Waals surface area contributed by atoms with Crippen molar-refractivity contribution in [1.82, 2.24) is 9.88 Å². The van der Waals surface area contributed by atoms with E-state index in [4.69, 9.17) is 11.0 Å². The van der Waals surface area contributed by atoms with Crippen LogP contribution in [0.2, 0.25) is 0 Å². The van der Waals surface area contributed by atoms with E-state index in [1.165, 1.54) is 6.20 Å². The Bertz CT molecular complexity index is 508. The van der Waals surface area contributed by atoms with Gasteiger partial charge in [0.25, 0.3) is 0 Å². The second-order valence-electron chi connectivity index (χ2n) is 4.43. The number of nitrogens with zero attached hydrogens (tertiary/aromatic N) is 3. The van der Waals surface area contributed by atoms with Crippen molar-refractivity contribution in [2.75, 3.05) is 24.6 Å². The van der Waals surface area contributed by atoms with Crippen molar-refractivity contribution in [3.8, 4) is 6.07 Å². The highest BCUT2D eigenvalue weighted by molar-refractivity contribution is 5.77. The van der Waals surface area contributed by atoms with Crippen molar-refractivity contribution >= 4 is 17.4 Å². The Balaban J connectivity index is 2.10. The Morgan fingerprint density at radius 3 is 3.11 bits per heavy atom. The summed E-state index contributed by atoms with van der Waals surface area (Å²) in [5, 5.41) is 12.2. The maximum absolute atomic E-state index is 11.4. The first kappa shape index (κ1) is 12.2. The van der Waals surface area contributed by atoms with Crippen LogP contribution < -0.4 is 11.1 Å². The molecule has 0 spiro atoms. The standard InChI is InChI=1S/C12H15N5O/c1-17-7-10(2-3-11(17)18)16-12-8(5-13)4-9(14)6-15-12/h4,6,10H,2-3,7,14H2,1H3,(H,15,16). The van der Waals surface area contributed by atoms with Crippen molar-refractivity contribution in [2.45, 2.75) is 18.9 Å². The monoisotopic (exact) mass is 245 g/mol. The lowest BCUT2D eigenvalue weighted by Gasteiger charge is -2.30. The molecule has 0 aliphatic carbocycles. The molecule has 0 radical (unpaired) electrons. The van der Waals surface area contributed by atoms with Crippen molar-refractivity contribution in [2.24, 2.45) is 0 Å². The minimum atomic E-state index is 0.121. The van der Waals surface area contributed by atoms with Crippen LogP contribution >= 0.6 is 0 Å². The summed E-state index contributed by atoms with van der Waals surface area (Å²) in [6.07, 6.45) is 2.78. The average Bonchev–Trinajstić information content (AvgIpc) is 2.36. The van der Waals surface area contributed by atoms with Crippen LogP contribution in [0.15, 0.2) is 12.3 Å². The van der Waals surface area contributed by atoms with Gasteiger partial charge in [0, 0.05) is 26.1 Å². The molecule has 2 heterocycles. The number of aromatic nitrogens is 1. The summed E-state index contributed by atoms with van der Waals surface area (Å²) in [7, 11) is 1.78. The van der Waals surface area contributed by atoms with Crippen LogP contribution in [0.25, 0.3) is 0 Å². The summed E-state index contributed by atoms with van der Waals surface area (Å²) < 4.78 is 0. The van der Waals surface area contributed by atoms with E-state index in [-0.39, 0.29) is 11.9 Å². The van der Waals surface area contributed by atoms with Crippen molar-refractivity contribution in [3.63, 3.8) is 0 Å². The van der Waals surface area contributed by atoms with Gasteiger partial charge in [-0.1, -0.05) is 0 Å². The summed E-state index contributed by atoms with van der Waals surface area (Å²) >= 11 is 0. The number of carbonyl (C=O) groups is 1. The number of amides is 1. The smallest absolute Gasteiger partial charge is 0.222 e. The molecule has 1 aromatic heterocycles. The fraction of sp³-hybridized carbons (Fsp3) is 0.417. The van der Waals surface area contributed by atoms with E-state index in [9.17, 15) is 4.79 Å². The van der Waals surface area contributed by atoms with Gasteiger partial charge >= 0.3 is 0 Å². The number of nitrogen functional groups attached to an aromatic ring is 1. The molecule has 94 valence electrons. The summed E-state index contributed by atoms with van der Waals surface area (Å²) in [5.74, 6) is 0.679. The number of nitriles is 1. The molecule has 1 fully saturated rings. The molecule has 1 aromatic rings. The highest BCUT2D eigenvalue weighted by atomic mass is 16.2. The Morgan fingerprint density at radius 2 is 2.44 bits per heavy atom. The summed E-state index contributed by atoms with van der Waals surface area (Å²) in [6.45, 7) is 0.621. The number of pyridine rings is 1. The number of piperidine rings is 1. The number of nitrogens with two attached hydrogens (primary N) is 1. The third-order valence-electron chi connectivity index (χ3n) is 3.00. The van der Waals surface area contributed by atoms with Gasteiger partial charge < -0.3 is 16.0 Å². The number of nitrogens with one attached hydrogen (secondary N) is 1. The normalized spacial score (nSPS) is 19.4. The maximum Gasteiger partial charge on any atom is 0.222 e. The van der Waals surface area contributed by atoms with Gasteiger partial charge in [0.05, 0.1) is 17.4 Å². The largest absolute Gasteiger partial charge is 0.397 e. The van der Waals surface area contributed by atoms with Crippen molar-refractivity contribution < 1.29 is 4.79 Å². The molecule has 1 saturated heterocycles. The number of rotatable bonds is 2. The van der Waals surface area contributed by atoms with Crippen LogP contribution in [0, 0.1) is 11.3 Å². The van der Waals surface area contributed by atoms with Gasteiger partial charge in [-0.3, -0.25) is 4.79 Å². The molecule has 3 N–H and O–H groups in total. The van der Waals surface area contributed by atoms with E-state index in [2.05, 4.69) is 16.4 Å². The molecule has 1 unspecified atom stereocenters. The Hall–Kier alpha value is -2.29. The fourth-order valence-corrected chi connectivity index (χ4v) is 2.00. The summed E-state index contributed by atoms with van der Waals surface area (Å²) in [5.41, 5.74) is 6.47. The van der Waals surface area contributed by atoms with E-state index in [1.807, 2.05) is 0 Å². The first-order valence-corrected chi connectivity index (χ1v) is 5.76. The molecule has 1 aliphatic heterocycles. The highest BCUT2D eigenvalue weighted by Crippen LogP contribution is 2.19. The van der Waals surface area contributed by atoms with Crippen molar-refractivity contribution in [1.29, 1.82) is 5.26 Å². The number of carbonyl (C=O) groups excluding carboxylic acids is 1. The number of hydrogen-bond acceptors (Lipinski definition) is 5. The van der Waals surface area contributed by atoms with Gasteiger partial charge in [-0.25, -0.2) is 4.98 Å².